The molecule has 7 nitrogen and oxygen atoms in total. The molecule has 1 amide bonds. The lowest BCUT2D eigenvalue weighted by Gasteiger charge is -2.10. The van der Waals surface area contributed by atoms with Crippen molar-refractivity contribution in [1.29, 1.82) is 0 Å². The van der Waals surface area contributed by atoms with Gasteiger partial charge in [0, 0.05) is 23.8 Å². The first-order valence-electron chi connectivity index (χ1n) is 8.43. The molecule has 0 aliphatic carbocycles. The molecule has 27 heavy (non-hydrogen) atoms. The van der Waals surface area contributed by atoms with Crippen molar-refractivity contribution in [2.24, 2.45) is 0 Å². The highest BCUT2D eigenvalue weighted by Gasteiger charge is 2.09. The van der Waals surface area contributed by atoms with Crippen molar-refractivity contribution in [3.63, 3.8) is 0 Å². The van der Waals surface area contributed by atoms with E-state index in [2.05, 4.69) is 20.3 Å². The van der Waals surface area contributed by atoms with Crippen molar-refractivity contribution in [2.75, 3.05) is 11.9 Å². The summed E-state index contributed by atoms with van der Waals surface area (Å²) in [4.78, 5) is 24.7. The fraction of sp³-hybridized carbons (Fsp3) is 0.100. The summed E-state index contributed by atoms with van der Waals surface area (Å²) in [7, 11) is 0. The summed E-state index contributed by atoms with van der Waals surface area (Å²) < 4.78 is 7.51. The number of amides is 1. The number of nitrogens with one attached hydrogen (secondary N) is 1. The number of aryl methyl sites for hydroxylation is 1. The van der Waals surface area contributed by atoms with Crippen molar-refractivity contribution in [3.05, 3.63) is 73.1 Å². The molecule has 4 aromatic rings. The SMILES string of the molecule is Cc1nccn1-c1cc(NC(=O)COc2cccc3ccccc23)ncn1. The minimum atomic E-state index is -0.296. The van der Waals surface area contributed by atoms with Gasteiger partial charge in [-0.1, -0.05) is 36.4 Å². The van der Waals surface area contributed by atoms with Gasteiger partial charge in [-0.3, -0.25) is 9.36 Å². The average molecular weight is 359 g/mol. The van der Waals surface area contributed by atoms with Crippen LogP contribution in [-0.2, 0) is 4.79 Å². The van der Waals surface area contributed by atoms with E-state index in [1.807, 2.05) is 54.0 Å². The number of benzene rings is 2. The second kappa shape index (κ2) is 7.25. The molecule has 0 spiro atoms. The van der Waals surface area contributed by atoms with Crippen LogP contribution in [0.3, 0.4) is 0 Å². The molecule has 0 fully saturated rings. The number of fused-ring (bicyclic) bond motifs is 1. The summed E-state index contributed by atoms with van der Waals surface area (Å²) in [5.41, 5.74) is 0. The Labute approximate surface area is 155 Å². The molecular weight excluding hydrogens is 342 g/mol. The van der Waals surface area contributed by atoms with Crippen molar-refractivity contribution in [1.82, 2.24) is 19.5 Å². The Morgan fingerprint density at radius 2 is 1.96 bits per heavy atom. The predicted molar refractivity (Wildman–Crippen MR) is 102 cm³/mol. The monoisotopic (exact) mass is 359 g/mol. The highest BCUT2D eigenvalue weighted by molar-refractivity contribution is 5.92. The van der Waals surface area contributed by atoms with Crippen LogP contribution >= 0.6 is 0 Å². The van der Waals surface area contributed by atoms with Gasteiger partial charge in [0.2, 0.25) is 0 Å². The Hall–Kier alpha value is -3.74. The summed E-state index contributed by atoms with van der Waals surface area (Å²) >= 11 is 0. The zero-order chi connectivity index (χ0) is 18.6. The molecule has 0 aliphatic rings. The molecule has 0 unspecified atom stereocenters. The third-order valence-electron chi connectivity index (χ3n) is 4.10. The van der Waals surface area contributed by atoms with E-state index in [1.54, 1.807) is 18.5 Å². The fourth-order valence-electron chi connectivity index (χ4n) is 2.81. The first-order chi connectivity index (χ1) is 13.2. The molecule has 7 heteroatoms. The number of carbonyl (C=O) groups is 1. The van der Waals surface area contributed by atoms with E-state index in [9.17, 15) is 4.79 Å². The second-order valence-electron chi connectivity index (χ2n) is 5.92. The van der Waals surface area contributed by atoms with Gasteiger partial charge in [0.05, 0.1) is 0 Å². The zero-order valence-electron chi connectivity index (χ0n) is 14.7. The largest absolute Gasteiger partial charge is 0.483 e. The molecule has 0 bridgehead atoms. The van der Waals surface area contributed by atoms with Crippen LogP contribution in [0.1, 0.15) is 5.82 Å². The fourth-order valence-corrected chi connectivity index (χ4v) is 2.81. The summed E-state index contributed by atoms with van der Waals surface area (Å²) in [5.74, 6) is 2.20. The second-order valence-corrected chi connectivity index (χ2v) is 5.92. The van der Waals surface area contributed by atoms with E-state index in [4.69, 9.17) is 4.74 Å². The smallest absolute Gasteiger partial charge is 0.263 e. The van der Waals surface area contributed by atoms with E-state index in [-0.39, 0.29) is 12.5 Å². The maximum absolute atomic E-state index is 12.3. The third kappa shape index (κ3) is 3.62. The number of ether oxygens (including phenoxy) is 1. The summed E-state index contributed by atoms with van der Waals surface area (Å²) in [6, 6.07) is 15.3. The van der Waals surface area contributed by atoms with Gasteiger partial charge in [0.25, 0.3) is 5.91 Å². The van der Waals surface area contributed by atoms with Crippen LogP contribution in [0.25, 0.3) is 16.6 Å². The predicted octanol–water partition coefficient (Wildman–Crippen LogP) is 3.14. The van der Waals surface area contributed by atoms with Crippen LogP contribution in [0, 0.1) is 6.92 Å². The molecule has 4 rings (SSSR count). The molecule has 0 saturated carbocycles. The topological polar surface area (TPSA) is 81.9 Å². The maximum atomic E-state index is 12.3. The van der Waals surface area contributed by atoms with Crippen LogP contribution in [0.5, 0.6) is 5.75 Å². The molecule has 0 saturated heterocycles. The van der Waals surface area contributed by atoms with E-state index >= 15 is 0 Å². The van der Waals surface area contributed by atoms with E-state index < -0.39 is 0 Å². The highest BCUT2D eigenvalue weighted by Crippen LogP contribution is 2.25. The van der Waals surface area contributed by atoms with Crippen LogP contribution in [0.4, 0.5) is 5.82 Å². The molecular formula is C20H17N5O2. The Morgan fingerprint density at radius 1 is 1.11 bits per heavy atom. The van der Waals surface area contributed by atoms with Crippen molar-refractivity contribution in [3.8, 4) is 11.6 Å². The van der Waals surface area contributed by atoms with Gasteiger partial charge in [-0.25, -0.2) is 15.0 Å². The van der Waals surface area contributed by atoms with E-state index in [0.29, 0.717) is 17.4 Å². The Morgan fingerprint density at radius 3 is 2.81 bits per heavy atom. The number of rotatable bonds is 5. The molecule has 134 valence electrons. The average Bonchev–Trinajstić information content (AvgIpc) is 3.12. The summed E-state index contributed by atoms with van der Waals surface area (Å²) in [6.07, 6.45) is 4.89. The van der Waals surface area contributed by atoms with E-state index in [0.717, 1.165) is 16.6 Å². The Balaban J connectivity index is 1.45. The lowest BCUT2D eigenvalue weighted by atomic mass is 10.1. The Bertz CT molecular complexity index is 1100. The first-order valence-corrected chi connectivity index (χ1v) is 8.43. The van der Waals surface area contributed by atoms with Crippen LogP contribution in [0.15, 0.2) is 67.3 Å². The van der Waals surface area contributed by atoms with Crippen molar-refractivity contribution >= 4 is 22.5 Å². The minimum Gasteiger partial charge on any atom is -0.483 e. The van der Waals surface area contributed by atoms with Gasteiger partial charge >= 0.3 is 0 Å². The third-order valence-corrected chi connectivity index (χ3v) is 4.10. The zero-order valence-corrected chi connectivity index (χ0v) is 14.7. The lowest BCUT2D eigenvalue weighted by molar-refractivity contribution is -0.118. The van der Waals surface area contributed by atoms with Gasteiger partial charge in [0.15, 0.2) is 6.61 Å². The highest BCUT2D eigenvalue weighted by atomic mass is 16.5. The summed E-state index contributed by atoms with van der Waals surface area (Å²) in [5, 5.41) is 4.76. The van der Waals surface area contributed by atoms with Gasteiger partial charge in [-0.2, -0.15) is 0 Å². The number of carbonyl (C=O) groups excluding carboxylic acids is 1. The molecule has 0 aliphatic heterocycles. The van der Waals surface area contributed by atoms with Gasteiger partial charge in [-0.15, -0.1) is 0 Å². The number of aromatic nitrogens is 4. The normalized spacial score (nSPS) is 10.7. The standard InChI is InChI=1S/C20H17N5O2/c1-14-21-9-10-25(14)19-11-18(22-13-23-19)24-20(26)12-27-17-8-4-6-15-5-2-3-7-16(15)17/h2-11,13H,12H2,1H3,(H,22,23,24,26). The molecule has 2 heterocycles. The number of nitrogens with zero attached hydrogens (tertiary/aromatic N) is 4. The lowest BCUT2D eigenvalue weighted by Crippen LogP contribution is -2.21. The molecule has 1 N–H and O–H groups in total. The molecule has 0 atom stereocenters. The summed E-state index contributed by atoms with van der Waals surface area (Å²) in [6.45, 7) is 1.76. The van der Waals surface area contributed by atoms with Gasteiger partial charge in [0.1, 0.15) is 29.5 Å². The quantitative estimate of drug-likeness (QED) is 0.592. The Kier molecular flexibility index (Phi) is 4.49. The molecule has 0 radical (unpaired) electrons. The van der Waals surface area contributed by atoms with E-state index in [1.165, 1.54) is 6.33 Å². The van der Waals surface area contributed by atoms with Gasteiger partial charge in [-0.05, 0) is 18.4 Å². The number of anilines is 1. The molecule has 2 aromatic carbocycles. The number of imidazole rings is 1. The number of hydrogen-bond donors (Lipinski definition) is 1. The minimum absolute atomic E-state index is 0.114. The van der Waals surface area contributed by atoms with Crippen molar-refractivity contribution < 1.29 is 9.53 Å². The van der Waals surface area contributed by atoms with Crippen LogP contribution in [0.2, 0.25) is 0 Å². The van der Waals surface area contributed by atoms with Crippen LogP contribution < -0.4 is 10.1 Å². The van der Waals surface area contributed by atoms with Crippen molar-refractivity contribution in [2.45, 2.75) is 6.92 Å². The van der Waals surface area contributed by atoms with Gasteiger partial charge < -0.3 is 10.1 Å². The maximum Gasteiger partial charge on any atom is 0.263 e. The van der Waals surface area contributed by atoms with Crippen LogP contribution in [-0.4, -0.2) is 32.0 Å². The molecule has 2 aromatic heterocycles. The number of hydrogen-bond acceptors (Lipinski definition) is 5. The first kappa shape index (κ1) is 16.7.